The first-order chi connectivity index (χ1) is 9.88. The molecule has 1 fully saturated rings. The monoisotopic (exact) mass is 289 g/mol. The molecule has 0 spiro atoms. The van der Waals surface area contributed by atoms with Gasteiger partial charge in [-0.3, -0.25) is 9.69 Å². The van der Waals surface area contributed by atoms with Crippen LogP contribution in [0, 0.1) is 12.8 Å². The third-order valence-electron chi connectivity index (χ3n) is 4.23. The van der Waals surface area contributed by atoms with Gasteiger partial charge in [-0.1, -0.05) is 6.07 Å². The number of hydrogen-bond acceptors (Lipinski definition) is 3. The van der Waals surface area contributed by atoms with Gasteiger partial charge in [0.05, 0.1) is 6.04 Å². The number of carbonyl (C=O) groups is 1. The van der Waals surface area contributed by atoms with E-state index in [4.69, 9.17) is 5.73 Å². The summed E-state index contributed by atoms with van der Waals surface area (Å²) in [6.45, 7) is 9.28. The second-order valence-corrected chi connectivity index (χ2v) is 6.47. The number of hydrogen-bond donors (Lipinski definition) is 2. The maximum absolute atomic E-state index is 12.5. The van der Waals surface area contributed by atoms with Crippen molar-refractivity contribution in [2.75, 3.05) is 17.6 Å². The Kier molecular flexibility index (Phi) is 4.88. The van der Waals surface area contributed by atoms with Crippen molar-refractivity contribution in [2.45, 2.75) is 52.6 Å². The summed E-state index contributed by atoms with van der Waals surface area (Å²) in [5, 5.41) is 3.02. The van der Waals surface area contributed by atoms with Gasteiger partial charge >= 0.3 is 0 Å². The van der Waals surface area contributed by atoms with Crippen LogP contribution in [0.4, 0.5) is 11.4 Å². The van der Waals surface area contributed by atoms with Crippen molar-refractivity contribution in [1.82, 2.24) is 4.90 Å². The summed E-state index contributed by atoms with van der Waals surface area (Å²) >= 11 is 0. The summed E-state index contributed by atoms with van der Waals surface area (Å²) < 4.78 is 0. The van der Waals surface area contributed by atoms with Crippen molar-refractivity contribution in [2.24, 2.45) is 5.92 Å². The minimum atomic E-state index is -0.133. The number of nitrogens with two attached hydrogens (primary N) is 1. The van der Waals surface area contributed by atoms with Gasteiger partial charge in [-0.05, 0) is 64.2 Å². The largest absolute Gasteiger partial charge is 0.399 e. The lowest BCUT2D eigenvalue weighted by atomic mass is 10.1. The molecule has 21 heavy (non-hydrogen) atoms. The standard InChI is InChI=1S/C17H27N3O/c1-11(2)20(10-14-6-7-14)13(4)17(21)19-16-9-15(18)8-5-12(16)3/h5,8-9,11,13-14H,6-7,10,18H2,1-4H3,(H,19,21). The molecule has 0 saturated heterocycles. The van der Waals surface area contributed by atoms with E-state index in [9.17, 15) is 4.79 Å². The lowest BCUT2D eigenvalue weighted by Crippen LogP contribution is -2.46. The van der Waals surface area contributed by atoms with Crippen LogP contribution in [0.5, 0.6) is 0 Å². The molecule has 1 atom stereocenters. The summed E-state index contributed by atoms with van der Waals surface area (Å²) in [7, 11) is 0. The average molecular weight is 289 g/mol. The molecule has 3 N–H and O–H groups in total. The smallest absolute Gasteiger partial charge is 0.241 e. The van der Waals surface area contributed by atoms with Crippen LogP contribution in [0.25, 0.3) is 0 Å². The first-order valence-corrected chi connectivity index (χ1v) is 7.81. The third kappa shape index (κ3) is 4.21. The quantitative estimate of drug-likeness (QED) is 0.791. The third-order valence-corrected chi connectivity index (χ3v) is 4.23. The molecule has 4 nitrogen and oxygen atoms in total. The van der Waals surface area contributed by atoms with Crippen LogP contribution >= 0.6 is 0 Å². The second-order valence-electron chi connectivity index (χ2n) is 6.47. The van der Waals surface area contributed by atoms with Gasteiger partial charge in [0.2, 0.25) is 5.91 Å². The van der Waals surface area contributed by atoms with Crippen molar-refractivity contribution in [3.8, 4) is 0 Å². The first kappa shape index (κ1) is 15.8. The maximum Gasteiger partial charge on any atom is 0.241 e. The highest BCUT2D eigenvalue weighted by molar-refractivity contribution is 5.95. The average Bonchev–Trinajstić information content (AvgIpc) is 3.23. The lowest BCUT2D eigenvalue weighted by Gasteiger charge is -2.32. The number of aryl methyl sites for hydroxylation is 1. The Hall–Kier alpha value is -1.55. The first-order valence-electron chi connectivity index (χ1n) is 7.81. The molecule has 0 heterocycles. The Bertz CT molecular complexity index is 509. The Labute approximate surface area is 127 Å². The van der Waals surface area contributed by atoms with E-state index in [-0.39, 0.29) is 11.9 Å². The highest BCUT2D eigenvalue weighted by Crippen LogP contribution is 2.31. The number of benzene rings is 1. The number of nitrogens with one attached hydrogen (secondary N) is 1. The van der Waals surface area contributed by atoms with E-state index in [1.807, 2.05) is 32.0 Å². The summed E-state index contributed by atoms with van der Waals surface area (Å²) in [4.78, 5) is 14.8. The van der Waals surface area contributed by atoms with Crippen LogP contribution in [0.1, 0.15) is 39.2 Å². The Balaban J connectivity index is 2.04. The maximum atomic E-state index is 12.5. The van der Waals surface area contributed by atoms with E-state index in [1.165, 1.54) is 12.8 Å². The van der Waals surface area contributed by atoms with Gasteiger partial charge < -0.3 is 11.1 Å². The van der Waals surface area contributed by atoms with E-state index >= 15 is 0 Å². The number of carbonyl (C=O) groups excluding carboxylic acids is 1. The highest BCUT2D eigenvalue weighted by Gasteiger charge is 2.30. The zero-order valence-electron chi connectivity index (χ0n) is 13.5. The Morgan fingerprint density at radius 3 is 2.62 bits per heavy atom. The number of nitrogens with zero attached hydrogens (tertiary/aromatic N) is 1. The molecule has 0 aliphatic heterocycles. The van der Waals surface area contributed by atoms with E-state index < -0.39 is 0 Å². The summed E-state index contributed by atoms with van der Waals surface area (Å²) in [5.41, 5.74) is 8.31. The minimum absolute atomic E-state index is 0.0399. The lowest BCUT2D eigenvalue weighted by molar-refractivity contribution is -0.121. The fraction of sp³-hybridized carbons (Fsp3) is 0.588. The SMILES string of the molecule is Cc1ccc(N)cc1NC(=O)C(C)N(CC1CC1)C(C)C. The molecule has 0 bridgehead atoms. The number of rotatable bonds is 6. The van der Waals surface area contributed by atoms with Gasteiger partial charge in [0.1, 0.15) is 0 Å². The molecular formula is C17H27N3O. The van der Waals surface area contributed by atoms with Crippen LogP contribution in [0.15, 0.2) is 18.2 Å². The number of nitrogen functional groups attached to an aromatic ring is 1. The van der Waals surface area contributed by atoms with Crippen molar-refractivity contribution in [3.63, 3.8) is 0 Å². The topological polar surface area (TPSA) is 58.4 Å². The van der Waals surface area contributed by atoms with Crippen LogP contribution in [-0.2, 0) is 4.79 Å². The minimum Gasteiger partial charge on any atom is -0.399 e. The molecule has 116 valence electrons. The van der Waals surface area contributed by atoms with Crippen molar-refractivity contribution in [1.29, 1.82) is 0 Å². The Morgan fingerprint density at radius 2 is 2.05 bits per heavy atom. The van der Waals surface area contributed by atoms with Gasteiger partial charge in [-0.25, -0.2) is 0 Å². The molecule has 1 aromatic carbocycles. The summed E-state index contributed by atoms with van der Waals surface area (Å²) in [6, 6.07) is 5.84. The van der Waals surface area contributed by atoms with Crippen molar-refractivity contribution >= 4 is 17.3 Å². The van der Waals surface area contributed by atoms with Crippen LogP contribution in [0.2, 0.25) is 0 Å². The zero-order chi connectivity index (χ0) is 15.6. The normalized spacial score (nSPS) is 16.3. The van der Waals surface area contributed by atoms with Gasteiger partial charge in [0, 0.05) is 24.0 Å². The fourth-order valence-corrected chi connectivity index (χ4v) is 2.58. The van der Waals surface area contributed by atoms with E-state index in [1.54, 1.807) is 0 Å². The van der Waals surface area contributed by atoms with Gasteiger partial charge in [0.25, 0.3) is 0 Å². The Morgan fingerprint density at radius 1 is 1.38 bits per heavy atom. The molecular weight excluding hydrogens is 262 g/mol. The predicted octanol–water partition coefficient (Wildman–Crippen LogP) is 3.02. The molecule has 0 radical (unpaired) electrons. The van der Waals surface area contributed by atoms with Crippen LogP contribution < -0.4 is 11.1 Å². The number of anilines is 2. The second kappa shape index (κ2) is 6.48. The molecule has 2 rings (SSSR count). The molecule has 1 amide bonds. The molecule has 1 unspecified atom stereocenters. The van der Waals surface area contributed by atoms with Gasteiger partial charge in [-0.2, -0.15) is 0 Å². The predicted molar refractivity (Wildman–Crippen MR) is 88.2 cm³/mol. The molecule has 1 aliphatic carbocycles. The van der Waals surface area contributed by atoms with Gasteiger partial charge in [0.15, 0.2) is 0 Å². The molecule has 4 heteroatoms. The summed E-state index contributed by atoms with van der Waals surface area (Å²) in [6.07, 6.45) is 2.60. The van der Waals surface area contributed by atoms with Gasteiger partial charge in [-0.15, -0.1) is 0 Å². The van der Waals surface area contributed by atoms with E-state index in [2.05, 4.69) is 24.1 Å². The summed E-state index contributed by atoms with van der Waals surface area (Å²) in [5.74, 6) is 0.815. The fourth-order valence-electron chi connectivity index (χ4n) is 2.58. The molecule has 1 saturated carbocycles. The van der Waals surface area contributed by atoms with Crippen molar-refractivity contribution < 1.29 is 4.79 Å². The van der Waals surface area contributed by atoms with Crippen molar-refractivity contribution in [3.05, 3.63) is 23.8 Å². The highest BCUT2D eigenvalue weighted by atomic mass is 16.2. The van der Waals surface area contributed by atoms with E-state index in [0.29, 0.717) is 11.7 Å². The molecule has 1 aromatic rings. The molecule has 1 aliphatic rings. The number of amides is 1. The van der Waals surface area contributed by atoms with E-state index in [0.717, 1.165) is 23.7 Å². The van der Waals surface area contributed by atoms with Crippen LogP contribution in [-0.4, -0.2) is 29.4 Å². The molecule has 0 aromatic heterocycles. The van der Waals surface area contributed by atoms with Crippen LogP contribution in [0.3, 0.4) is 0 Å². The zero-order valence-corrected chi connectivity index (χ0v) is 13.5.